The highest BCUT2D eigenvalue weighted by atomic mass is 16.5. The van der Waals surface area contributed by atoms with E-state index < -0.39 is 0 Å². The summed E-state index contributed by atoms with van der Waals surface area (Å²) in [5, 5.41) is 4.49. The maximum atomic E-state index is 12.8. The number of hydrogen-bond donors (Lipinski definition) is 0. The fourth-order valence-electron chi connectivity index (χ4n) is 3.11. The van der Waals surface area contributed by atoms with Gasteiger partial charge < -0.3 is 14.4 Å². The highest BCUT2D eigenvalue weighted by Crippen LogP contribution is 2.29. The second-order valence-corrected chi connectivity index (χ2v) is 6.38. The smallest absolute Gasteiger partial charge is 0.272 e. The van der Waals surface area contributed by atoms with Crippen molar-refractivity contribution in [3.05, 3.63) is 60.6 Å². The summed E-state index contributed by atoms with van der Waals surface area (Å²) in [7, 11) is 3.39. The van der Waals surface area contributed by atoms with Crippen molar-refractivity contribution < 1.29 is 14.3 Å². The topological polar surface area (TPSA) is 69.5 Å². The first-order valence-electron chi connectivity index (χ1n) is 8.69. The van der Waals surface area contributed by atoms with Crippen LogP contribution in [-0.2, 0) is 7.05 Å². The van der Waals surface area contributed by atoms with E-state index in [1.807, 2.05) is 36.4 Å². The first-order valence-corrected chi connectivity index (χ1v) is 8.69. The summed E-state index contributed by atoms with van der Waals surface area (Å²) in [6.07, 6.45) is 3.36. The van der Waals surface area contributed by atoms with Gasteiger partial charge in [0.15, 0.2) is 0 Å². The molecule has 0 N–H and O–H groups in total. The fourth-order valence-corrected chi connectivity index (χ4v) is 3.11. The van der Waals surface area contributed by atoms with Crippen molar-refractivity contribution in [1.29, 1.82) is 0 Å². The zero-order chi connectivity index (χ0) is 18.8. The molecule has 2 aromatic heterocycles. The van der Waals surface area contributed by atoms with E-state index in [1.165, 1.54) is 0 Å². The van der Waals surface area contributed by atoms with Crippen LogP contribution in [0.25, 0.3) is 11.3 Å². The van der Waals surface area contributed by atoms with E-state index >= 15 is 0 Å². The second-order valence-electron chi connectivity index (χ2n) is 6.38. The summed E-state index contributed by atoms with van der Waals surface area (Å²) in [5.41, 5.74) is 2.11. The van der Waals surface area contributed by atoms with E-state index in [1.54, 1.807) is 42.2 Å². The number of carbonyl (C=O) groups excluding carboxylic acids is 1. The molecule has 0 radical (unpaired) electrons. The average molecular weight is 364 g/mol. The Morgan fingerprint density at radius 3 is 2.74 bits per heavy atom. The highest BCUT2D eigenvalue weighted by molar-refractivity contribution is 5.94. The first kappa shape index (κ1) is 17.1. The van der Waals surface area contributed by atoms with Crippen LogP contribution in [-0.4, -0.2) is 51.9 Å². The number of likely N-dealkylation sites (tertiary alicyclic amines) is 1. The Morgan fingerprint density at radius 2 is 2.00 bits per heavy atom. The second kappa shape index (κ2) is 7.11. The van der Waals surface area contributed by atoms with Gasteiger partial charge >= 0.3 is 0 Å². The molecule has 7 heteroatoms. The Hall–Kier alpha value is -3.35. The minimum Gasteiger partial charge on any atom is -0.496 e. The first-order chi connectivity index (χ1) is 13.2. The lowest BCUT2D eigenvalue weighted by molar-refractivity contribution is 0.0168. The molecule has 4 rings (SSSR count). The van der Waals surface area contributed by atoms with Gasteiger partial charge in [-0.25, -0.2) is 0 Å². The number of rotatable bonds is 5. The quantitative estimate of drug-likeness (QED) is 0.695. The van der Waals surface area contributed by atoms with Crippen LogP contribution in [0.1, 0.15) is 10.5 Å². The van der Waals surface area contributed by atoms with E-state index in [0.29, 0.717) is 30.2 Å². The lowest BCUT2D eigenvalue weighted by atomic mass is 10.1. The summed E-state index contributed by atoms with van der Waals surface area (Å²) < 4.78 is 12.8. The number of para-hydroxylation sites is 1. The number of carbonyl (C=O) groups is 1. The van der Waals surface area contributed by atoms with Crippen LogP contribution in [0.15, 0.2) is 54.9 Å². The zero-order valence-corrected chi connectivity index (χ0v) is 15.2. The van der Waals surface area contributed by atoms with Gasteiger partial charge in [-0.15, -0.1) is 0 Å². The Bertz CT molecular complexity index is 949. The van der Waals surface area contributed by atoms with Gasteiger partial charge in [-0.2, -0.15) is 5.10 Å². The average Bonchev–Trinajstić information content (AvgIpc) is 3.06. The van der Waals surface area contributed by atoms with Crippen LogP contribution in [0.2, 0.25) is 0 Å². The number of benzene rings is 1. The van der Waals surface area contributed by atoms with Crippen molar-refractivity contribution in [2.45, 2.75) is 6.10 Å². The van der Waals surface area contributed by atoms with Crippen molar-refractivity contribution in [2.75, 3.05) is 20.2 Å². The van der Waals surface area contributed by atoms with Gasteiger partial charge in [-0.05, 0) is 30.3 Å². The molecule has 0 atom stereocenters. The van der Waals surface area contributed by atoms with Crippen molar-refractivity contribution >= 4 is 5.91 Å². The van der Waals surface area contributed by atoms with E-state index in [4.69, 9.17) is 9.47 Å². The molecule has 1 amide bonds. The molecule has 3 aromatic rings. The summed E-state index contributed by atoms with van der Waals surface area (Å²) in [4.78, 5) is 18.6. The van der Waals surface area contributed by atoms with E-state index in [2.05, 4.69) is 10.1 Å². The van der Waals surface area contributed by atoms with Gasteiger partial charge in [0.25, 0.3) is 5.91 Å². The SMILES string of the molecule is COc1ccccc1-c1cc(C(=O)N2CC(Oc3cccnc3)C2)n(C)n1. The molecule has 27 heavy (non-hydrogen) atoms. The molecule has 1 aliphatic heterocycles. The van der Waals surface area contributed by atoms with Crippen molar-refractivity contribution in [1.82, 2.24) is 19.7 Å². The Balaban J connectivity index is 1.45. The maximum absolute atomic E-state index is 12.8. The molecule has 0 spiro atoms. The van der Waals surface area contributed by atoms with Crippen molar-refractivity contribution in [2.24, 2.45) is 7.05 Å². The molecule has 0 bridgehead atoms. The fraction of sp³-hybridized carbons (Fsp3) is 0.250. The molecule has 3 heterocycles. The molecule has 1 fully saturated rings. The number of hydrogen-bond acceptors (Lipinski definition) is 5. The van der Waals surface area contributed by atoms with Gasteiger partial charge in [0, 0.05) is 18.8 Å². The summed E-state index contributed by atoms with van der Waals surface area (Å²) in [5.74, 6) is 1.38. The molecule has 1 aliphatic rings. The number of nitrogens with zero attached hydrogens (tertiary/aromatic N) is 4. The van der Waals surface area contributed by atoms with E-state index in [9.17, 15) is 4.79 Å². The molecule has 138 valence electrons. The van der Waals surface area contributed by atoms with Gasteiger partial charge in [-0.1, -0.05) is 12.1 Å². The Kier molecular flexibility index (Phi) is 4.50. The lowest BCUT2D eigenvalue weighted by Crippen LogP contribution is -2.56. The number of aryl methyl sites for hydroxylation is 1. The van der Waals surface area contributed by atoms with Crippen molar-refractivity contribution in [3.63, 3.8) is 0 Å². The monoisotopic (exact) mass is 364 g/mol. The number of pyridine rings is 1. The third-order valence-electron chi connectivity index (χ3n) is 4.55. The molecule has 1 aromatic carbocycles. The highest BCUT2D eigenvalue weighted by Gasteiger charge is 2.34. The summed E-state index contributed by atoms with van der Waals surface area (Å²) in [6.45, 7) is 1.09. The van der Waals surface area contributed by atoms with Gasteiger partial charge in [0.2, 0.25) is 0 Å². The lowest BCUT2D eigenvalue weighted by Gasteiger charge is -2.38. The molecule has 0 aliphatic carbocycles. The predicted octanol–water partition coefficient (Wildman–Crippen LogP) is 2.39. The summed E-state index contributed by atoms with van der Waals surface area (Å²) >= 11 is 0. The van der Waals surface area contributed by atoms with Crippen LogP contribution >= 0.6 is 0 Å². The number of aromatic nitrogens is 3. The Morgan fingerprint density at radius 1 is 1.19 bits per heavy atom. The van der Waals surface area contributed by atoms with E-state index in [0.717, 1.165) is 11.3 Å². The normalized spacial score (nSPS) is 13.9. The van der Waals surface area contributed by atoms with Crippen LogP contribution in [0, 0.1) is 0 Å². The van der Waals surface area contributed by atoms with Gasteiger partial charge in [0.1, 0.15) is 23.3 Å². The standard InChI is InChI=1S/C20H20N4O3/c1-23-18(10-17(22-23)16-7-3-4-8-19(16)26-2)20(25)24-12-15(13-24)27-14-6-5-9-21-11-14/h3-11,15H,12-13H2,1-2H3. The maximum Gasteiger partial charge on any atom is 0.272 e. The van der Waals surface area contributed by atoms with Crippen LogP contribution in [0.3, 0.4) is 0 Å². The molecular formula is C20H20N4O3. The molecular weight excluding hydrogens is 344 g/mol. The van der Waals surface area contributed by atoms with Crippen LogP contribution in [0.4, 0.5) is 0 Å². The van der Waals surface area contributed by atoms with Crippen LogP contribution in [0.5, 0.6) is 11.5 Å². The molecule has 0 unspecified atom stereocenters. The Labute approximate surface area is 157 Å². The minimum atomic E-state index is -0.0582. The largest absolute Gasteiger partial charge is 0.496 e. The van der Waals surface area contributed by atoms with E-state index in [-0.39, 0.29) is 12.0 Å². The molecule has 7 nitrogen and oxygen atoms in total. The van der Waals surface area contributed by atoms with Crippen molar-refractivity contribution in [3.8, 4) is 22.8 Å². The predicted molar refractivity (Wildman–Crippen MR) is 99.8 cm³/mol. The zero-order valence-electron chi connectivity index (χ0n) is 15.2. The number of amides is 1. The van der Waals surface area contributed by atoms with Crippen LogP contribution < -0.4 is 9.47 Å². The van der Waals surface area contributed by atoms with Gasteiger partial charge in [0.05, 0.1) is 32.1 Å². The summed E-state index contributed by atoms with van der Waals surface area (Å²) in [6, 6.07) is 13.1. The molecule has 1 saturated heterocycles. The number of ether oxygens (including phenoxy) is 2. The minimum absolute atomic E-state index is 0.0138. The molecule has 0 saturated carbocycles. The third-order valence-corrected chi connectivity index (χ3v) is 4.55. The number of methoxy groups -OCH3 is 1. The van der Waals surface area contributed by atoms with Gasteiger partial charge in [-0.3, -0.25) is 14.5 Å². The third kappa shape index (κ3) is 3.36.